The first-order valence-electron chi connectivity index (χ1n) is 11.3. The summed E-state index contributed by atoms with van der Waals surface area (Å²) in [5, 5.41) is 6.38. The summed E-state index contributed by atoms with van der Waals surface area (Å²) in [6.45, 7) is 7.83. The molecule has 2 aromatic rings. The van der Waals surface area contributed by atoms with E-state index < -0.39 is 6.04 Å². The molecule has 4 rings (SSSR count). The van der Waals surface area contributed by atoms with Crippen LogP contribution >= 0.6 is 12.4 Å². The molecule has 178 valence electrons. The van der Waals surface area contributed by atoms with E-state index in [2.05, 4.69) is 39.8 Å². The Morgan fingerprint density at radius 1 is 1.00 bits per heavy atom. The number of nitrogens with one attached hydrogen (secondary N) is 2. The van der Waals surface area contributed by atoms with E-state index in [1.165, 1.54) is 5.56 Å². The molecule has 2 atom stereocenters. The van der Waals surface area contributed by atoms with Crippen LogP contribution in [0.15, 0.2) is 54.6 Å². The Balaban J connectivity index is 0.00000306. The van der Waals surface area contributed by atoms with E-state index in [0.29, 0.717) is 13.1 Å². The molecule has 2 aromatic carbocycles. The molecule has 0 aromatic heterocycles. The summed E-state index contributed by atoms with van der Waals surface area (Å²) in [7, 11) is 0. The molecule has 2 heterocycles. The standard InChI is InChI=1S/C25H32N4O3.ClH/c1-19-24(29(23(30)18-32-19)17-21-5-3-2-4-6-21)25(31)27-15-20-7-9-22(10-8-20)16-28-13-11-26-12-14-28;/h2-10,19,24,26H,11-18H2,1H3,(H,27,31);1H/t19-,24+;/m1./s1. The van der Waals surface area contributed by atoms with Gasteiger partial charge in [-0.15, -0.1) is 12.4 Å². The lowest BCUT2D eigenvalue weighted by molar-refractivity contribution is -0.163. The Hall–Kier alpha value is -2.45. The summed E-state index contributed by atoms with van der Waals surface area (Å²) in [5.41, 5.74) is 3.30. The maximum absolute atomic E-state index is 13.1. The average Bonchev–Trinajstić information content (AvgIpc) is 2.82. The number of benzene rings is 2. The zero-order valence-electron chi connectivity index (χ0n) is 19.0. The second-order valence-electron chi connectivity index (χ2n) is 8.53. The van der Waals surface area contributed by atoms with Gasteiger partial charge in [-0.1, -0.05) is 54.6 Å². The number of ether oxygens (including phenoxy) is 1. The predicted molar refractivity (Wildman–Crippen MR) is 130 cm³/mol. The lowest BCUT2D eigenvalue weighted by atomic mass is 10.1. The predicted octanol–water partition coefficient (Wildman–Crippen LogP) is 1.95. The molecule has 33 heavy (non-hydrogen) atoms. The summed E-state index contributed by atoms with van der Waals surface area (Å²) in [4.78, 5) is 29.7. The molecule has 0 radical (unpaired) electrons. The highest BCUT2D eigenvalue weighted by molar-refractivity contribution is 5.89. The van der Waals surface area contributed by atoms with Gasteiger partial charge in [0.15, 0.2) is 0 Å². The van der Waals surface area contributed by atoms with Crippen molar-refractivity contribution in [2.75, 3.05) is 32.8 Å². The lowest BCUT2D eigenvalue weighted by Crippen LogP contribution is -2.59. The van der Waals surface area contributed by atoms with Crippen molar-refractivity contribution in [1.82, 2.24) is 20.4 Å². The van der Waals surface area contributed by atoms with Crippen LogP contribution < -0.4 is 10.6 Å². The molecule has 0 spiro atoms. The number of halogens is 1. The Labute approximate surface area is 201 Å². The SMILES string of the molecule is C[C@H]1OCC(=O)N(Cc2ccccc2)[C@@H]1C(=O)NCc1ccc(CN2CCNCC2)cc1.Cl. The van der Waals surface area contributed by atoms with Gasteiger partial charge in [0.1, 0.15) is 12.6 Å². The molecule has 2 fully saturated rings. The van der Waals surface area contributed by atoms with Crippen molar-refractivity contribution in [3.63, 3.8) is 0 Å². The highest BCUT2D eigenvalue weighted by Crippen LogP contribution is 2.19. The van der Waals surface area contributed by atoms with Gasteiger partial charge in [0.2, 0.25) is 11.8 Å². The van der Waals surface area contributed by atoms with Crippen molar-refractivity contribution in [2.24, 2.45) is 0 Å². The number of hydrogen-bond donors (Lipinski definition) is 2. The van der Waals surface area contributed by atoms with E-state index in [-0.39, 0.29) is 36.9 Å². The minimum atomic E-state index is -0.650. The van der Waals surface area contributed by atoms with Crippen molar-refractivity contribution in [2.45, 2.75) is 38.7 Å². The number of carbonyl (C=O) groups is 2. The Bertz CT molecular complexity index is 904. The van der Waals surface area contributed by atoms with Crippen molar-refractivity contribution in [1.29, 1.82) is 0 Å². The summed E-state index contributed by atoms with van der Waals surface area (Å²) in [5.74, 6) is -0.351. The van der Waals surface area contributed by atoms with Crippen LogP contribution in [0.5, 0.6) is 0 Å². The van der Waals surface area contributed by atoms with E-state index in [0.717, 1.165) is 43.9 Å². The Kier molecular flexibility index (Phi) is 9.26. The summed E-state index contributed by atoms with van der Waals surface area (Å²) >= 11 is 0. The zero-order chi connectivity index (χ0) is 22.3. The molecular weight excluding hydrogens is 440 g/mol. The molecule has 2 saturated heterocycles. The number of piperazine rings is 1. The molecule has 0 saturated carbocycles. The fourth-order valence-corrected chi connectivity index (χ4v) is 4.29. The van der Waals surface area contributed by atoms with Gasteiger partial charge in [0, 0.05) is 45.8 Å². The fourth-order valence-electron chi connectivity index (χ4n) is 4.29. The van der Waals surface area contributed by atoms with Crippen LogP contribution in [0.2, 0.25) is 0 Å². The first kappa shape index (κ1) is 25.2. The fraction of sp³-hybridized carbons (Fsp3) is 0.440. The number of morpholine rings is 1. The quantitative estimate of drug-likeness (QED) is 0.644. The van der Waals surface area contributed by atoms with E-state index in [1.807, 2.05) is 37.3 Å². The molecule has 2 aliphatic rings. The third kappa shape index (κ3) is 6.77. The van der Waals surface area contributed by atoms with Crippen LogP contribution in [0.25, 0.3) is 0 Å². The number of carbonyl (C=O) groups excluding carboxylic acids is 2. The van der Waals surface area contributed by atoms with E-state index in [9.17, 15) is 9.59 Å². The average molecular weight is 473 g/mol. The van der Waals surface area contributed by atoms with E-state index in [4.69, 9.17) is 4.74 Å². The molecule has 2 N–H and O–H groups in total. The molecule has 0 aliphatic carbocycles. The number of amides is 2. The van der Waals surface area contributed by atoms with Gasteiger partial charge >= 0.3 is 0 Å². The minimum Gasteiger partial charge on any atom is -0.366 e. The van der Waals surface area contributed by atoms with Gasteiger partial charge in [0.25, 0.3) is 0 Å². The van der Waals surface area contributed by atoms with Crippen LogP contribution in [-0.2, 0) is 34.0 Å². The summed E-state index contributed by atoms with van der Waals surface area (Å²) < 4.78 is 5.57. The molecule has 0 unspecified atom stereocenters. The van der Waals surface area contributed by atoms with Crippen molar-refractivity contribution in [3.05, 3.63) is 71.3 Å². The molecular formula is C25H33ClN4O3. The molecule has 8 heteroatoms. The third-order valence-corrected chi connectivity index (χ3v) is 6.14. The van der Waals surface area contributed by atoms with Gasteiger partial charge in [-0.25, -0.2) is 0 Å². The Morgan fingerprint density at radius 3 is 2.33 bits per heavy atom. The first-order valence-corrected chi connectivity index (χ1v) is 11.3. The first-order chi connectivity index (χ1) is 15.6. The zero-order valence-corrected chi connectivity index (χ0v) is 19.9. The molecule has 0 bridgehead atoms. The van der Waals surface area contributed by atoms with E-state index >= 15 is 0 Å². The number of hydrogen-bond acceptors (Lipinski definition) is 5. The Morgan fingerprint density at radius 2 is 1.64 bits per heavy atom. The molecule has 2 aliphatic heterocycles. The van der Waals surface area contributed by atoms with Crippen LogP contribution in [0.1, 0.15) is 23.6 Å². The summed E-state index contributed by atoms with van der Waals surface area (Å²) in [6, 6.07) is 17.5. The highest BCUT2D eigenvalue weighted by Gasteiger charge is 2.39. The van der Waals surface area contributed by atoms with Gasteiger partial charge < -0.3 is 20.3 Å². The van der Waals surface area contributed by atoms with Gasteiger partial charge in [0.05, 0.1) is 6.10 Å². The second kappa shape index (κ2) is 12.1. The monoisotopic (exact) mass is 472 g/mol. The number of rotatable bonds is 7. The van der Waals surface area contributed by atoms with Gasteiger partial charge in [-0.3, -0.25) is 14.5 Å². The topological polar surface area (TPSA) is 73.9 Å². The normalized spacial score (nSPS) is 21.4. The smallest absolute Gasteiger partial charge is 0.249 e. The molecule has 7 nitrogen and oxygen atoms in total. The van der Waals surface area contributed by atoms with Crippen molar-refractivity contribution in [3.8, 4) is 0 Å². The minimum absolute atomic E-state index is 0. The van der Waals surface area contributed by atoms with E-state index in [1.54, 1.807) is 4.90 Å². The van der Waals surface area contributed by atoms with Crippen molar-refractivity contribution >= 4 is 24.2 Å². The van der Waals surface area contributed by atoms with Crippen LogP contribution in [0.3, 0.4) is 0 Å². The van der Waals surface area contributed by atoms with Gasteiger partial charge in [-0.05, 0) is 23.6 Å². The second-order valence-corrected chi connectivity index (χ2v) is 8.53. The van der Waals surface area contributed by atoms with Crippen molar-refractivity contribution < 1.29 is 14.3 Å². The lowest BCUT2D eigenvalue weighted by Gasteiger charge is -2.38. The highest BCUT2D eigenvalue weighted by atomic mass is 35.5. The van der Waals surface area contributed by atoms with Crippen LogP contribution in [0.4, 0.5) is 0 Å². The third-order valence-electron chi connectivity index (χ3n) is 6.14. The van der Waals surface area contributed by atoms with Crippen LogP contribution in [0, 0.1) is 0 Å². The largest absolute Gasteiger partial charge is 0.366 e. The van der Waals surface area contributed by atoms with Crippen LogP contribution in [-0.4, -0.2) is 66.5 Å². The summed E-state index contributed by atoms with van der Waals surface area (Å²) in [6.07, 6.45) is -0.363. The molecule has 2 amide bonds. The maximum Gasteiger partial charge on any atom is 0.249 e. The maximum atomic E-state index is 13.1. The van der Waals surface area contributed by atoms with Gasteiger partial charge in [-0.2, -0.15) is 0 Å². The number of nitrogens with zero attached hydrogens (tertiary/aromatic N) is 2.